The Morgan fingerprint density at radius 1 is 1.29 bits per heavy atom. The van der Waals surface area contributed by atoms with Gasteiger partial charge in [-0.1, -0.05) is 19.1 Å². The van der Waals surface area contributed by atoms with E-state index in [0.29, 0.717) is 6.42 Å². The zero-order chi connectivity index (χ0) is 18.1. The number of carbonyl (C=O) groups excluding carboxylic acids is 1. The van der Waals surface area contributed by atoms with Crippen LogP contribution in [0, 0.1) is 0 Å². The highest BCUT2D eigenvalue weighted by molar-refractivity contribution is 5.70. The van der Waals surface area contributed by atoms with Crippen LogP contribution in [-0.4, -0.2) is 39.6 Å². The molecule has 24 heavy (non-hydrogen) atoms. The summed E-state index contributed by atoms with van der Waals surface area (Å²) in [5.74, 6) is 0.234. The second-order valence-electron chi connectivity index (χ2n) is 7.80. The van der Waals surface area contributed by atoms with Crippen molar-refractivity contribution in [2.75, 3.05) is 0 Å². The van der Waals surface area contributed by atoms with Crippen LogP contribution >= 0.6 is 0 Å². The third kappa shape index (κ3) is 4.20. The van der Waals surface area contributed by atoms with Crippen molar-refractivity contribution in [2.45, 2.75) is 77.9 Å². The fourth-order valence-corrected chi connectivity index (χ4v) is 3.19. The summed E-state index contributed by atoms with van der Waals surface area (Å²) >= 11 is 0. The first-order valence-electron chi connectivity index (χ1n) is 8.51. The maximum absolute atomic E-state index is 12.8. The molecule has 0 unspecified atom stereocenters. The molecule has 1 aliphatic rings. The van der Waals surface area contributed by atoms with E-state index in [0.717, 1.165) is 12.0 Å². The van der Waals surface area contributed by atoms with Crippen LogP contribution in [0.15, 0.2) is 24.3 Å². The fraction of sp³-hybridized carbons (Fsp3) is 0.632. The molecule has 1 aliphatic heterocycles. The standard InChI is InChI=1S/C19H29NO4/c1-7-16-15(12-13-8-10-14(21)11-9-13)20(19(5,6)23-16)17(22)24-18(2,3)4/h8-11,15-16,21H,7,12H2,1-6H3/t15-,16+/m0/s1. The van der Waals surface area contributed by atoms with Gasteiger partial charge in [-0.3, -0.25) is 4.90 Å². The quantitative estimate of drug-likeness (QED) is 0.904. The van der Waals surface area contributed by atoms with Gasteiger partial charge in [0.2, 0.25) is 0 Å². The highest BCUT2D eigenvalue weighted by Gasteiger charge is 2.50. The highest BCUT2D eigenvalue weighted by atomic mass is 16.6. The van der Waals surface area contributed by atoms with Crippen LogP contribution in [0.4, 0.5) is 4.79 Å². The molecule has 1 saturated heterocycles. The summed E-state index contributed by atoms with van der Waals surface area (Å²) in [7, 11) is 0. The number of hydrogen-bond donors (Lipinski definition) is 1. The van der Waals surface area contributed by atoms with E-state index in [9.17, 15) is 9.90 Å². The molecule has 134 valence electrons. The Morgan fingerprint density at radius 2 is 1.88 bits per heavy atom. The number of phenols is 1. The van der Waals surface area contributed by atoms with Crippen LogP contribution in [-0.2, 0) is 15.9 Å². The van der Waals surface area contributed by atoms with Gasteiger partial charge in [-0.2, -0.15) is 0 Å². The SMILES string of the molecule is CC[C@H]1OC(C)(C)N(C(=O)OC(C)(C)C)[C@H]1Cc1ccc(O)cc1. The Hall–Kier alpha value is -1.75. The number of hydrogen-bond acceptors (Lipinski definition) is 4. The molecule has 0 radical (unpaired) electrons. The zero-order valence-electron chi connectivity index (χ0n) is 15.5. The molecule has 5 nitrogen and oxygen atoms in total. The Balaban J connectivity index is 2.28. The minimum Gasteiger partial charge on any atom is -0.508 e. The second kappa shape index (κ2) is 6.63. The second-order valence-corrected chi connectivity index (χ2v) is 7.80. The van der Waals surface area contributed by atoms with Crippen LogP contribution in [0.2, 0.25) is 0 Å². The Kier molecular flexibility index (Phi) is 5.14. The van der Waals surface area contributed by atoms with Crippen molar-refractivity contribution in [1.29, 1.82) is 0 Å². The molecular formula is C19H29NO4. The van der Waals surface area contributed by atoms with Gasteiger partial charge in [-0.15, -0.1) is 0 Å². The van der Waals surface area contributed by atoms with Crippen molar-refractivity contribution >= 4 is 6.09 Å². The zero-order valence-corrected chi connectivity index (χ0v) is 15.5. The topological polar surface area (TPSA) is 59.0 Å². The Bertz CT molecular complexity index is 574. The van der Waals surface area contributed by atoms with Gasteiger partial charge in [-0.05, 0) is 65.2 Å². The number of nitrogens with zero attached hydrogens (tertiary/aromatic N) is 1. The summed E-state index contributed by atoms with van der Waals surface area (Å²) in [4.78, 5) is 14.5. The van der Waals surface area contributed by atoms with Crippen molar-refractivity contribution in [3.8, 4) is 5.75 Å². The number of amides is 1. The van der Waals surface area contributed by atoms with Crippen molar-refractivity contribution in [3.05, 3.63) is 29.8 Å². The summed E-state index contributed by atoms with van der Waals surface area (Å²) < 4.78 is 11.7. The van der Waals surface area contributed by atoms with E-state index < -0.39 is 11.3 Å². The first-order valence-corrected chi connectivity index (χ1v) is 8.51. The predicted molar refractivity (Wildman–Crippen MR) is 92.9 cm³/mol. The lowest BCUT2D eigenvalue weighted by molar-refractivity contribution is -0.0791. The third-order valence-electron chi connectivity index (χ3n) is 4.15. The van der Waals surface area contributed by atoms with Gasteiger partial charge < -0.3 is 14.6 Å². The molecule has 0 aliphatic carbocycles. The van der Waals surface area contributed by atoms with Crippen LogP contribution < -0.4 is 0 Å². The number of carbonyl (C=O) groups is 1. The molecular weight excluding hydrogens is 306 g/mol. The predicted octanol–water partition coefficient (Wildman–Crippen LogP) is 4.09. The van der Waals surface area contributed by atoms with Gasteiger partial charge in [0.1, 0.15) is 17.1 Å². The molecule has 1 heterocycles. The van der Waals surface area contributed by atoms with Crippen molar-refractivity contribution in [1.82, 2.24) is 4.90 Å². The molecule has 1 fully saturated rings. The molecule has 0 saturated carbocycles. The minimum atomic E-state index is -0.718. The molecule has 2 rings (SSSR count). The molecule has 1 aromatic carbocycles. The molecule has 1 N–H and O–H groups in total. The molecule has 0 spiro atoms. The van der Waals surface area contributed by atoms with Crippen molar-refractivity contribution < 1.29 is 19.4 Å². The van der Waals surface area contributed by atoms with Crippen LogP contribution in [0.25, 0.3) is 0 Å². The summed E-state index contributed by atoms with van der Waals surface area (Å²) in [6.07, 6.45) is 1.06. The first-order chi connectivity index (χ1) is 11.0. The lowest BCUT2D eigenvalue weighted by Crippen LogP contribution is -2.51. The minimum absolute atomic E-state index is 0.0543. The van der Waals surface area contributed by atoms with E-state index >= 15 is 0 Å². The van der Waals surface area contributed by atoms with E-state index in [1.165, 1.54) is 0 Å². The maximum Gasteiger partial charge on any atom is 0.412 e. The lowest BCUT2D eigenvalue weighted by Gasteiger charge is -2.35. The van der Waals surface area contributed by atoms with Crippen LogP contribution in [0.1, 0.15) is 53.5 Å². The van der Waals surface area contributed by atoms with Gasteiger partial charge in [-0.25, -0.2) is 4.79 Å². The highest BCUT2D eigenvalue weighted by Crippen LogP contribution is 2.36. The van der Waals surface area contributed by atoms with Crippen LogP contribution in [0.5, 0.6) is 5.75 Å². The first kappa shape index (κ1) is 18.6. The number of ether oxygens (including phenoxy) is 2. The Morgan fingerprint density at radius 3 is 2.38 bits per heavy atom. The van der Waals surface area contributed by atoms with Crippen molar-refractivity contribution in [2.24, 2.45) is 0 Å². The van der Waals surface area contributed by atoms with Gasteiger partial charge in [0.25, 0.3) is 0 Å². The molecule has 1 amide bonds. The summed E-state index contributed by atoms with van der Waals surface area (Å²) in [6.45, 7) is 11.4. The maximum atomic E-state index is 12.8. The number of rotatable bonds is 3. The van der Waals surface area contributed by atoms with E-state index in [2.05, 4.69) is 6.92 Å². The number of phenolic OH excluding ortho intramolecular Hbond substituents is 1. The monoisotopic (exact) mass is 335 g/mol. The fourth-order valence-electron chi connectivity index (χ4n) is 3.19. The van der Waals surface area contributed by atoms with E-state index in [1.54, 1.807) is 17.0 Å². The van der Waals surface area contributed by atoms with E-state index in [4.69, 9.17) is 9.47 Å². The van der Waals surface area contributed by atoms with E-state index in [-0.39, 0.29) is 24.0 Å². The van der Waals surface area contributed by atoms with E-state index in [1.807, 2.05) is 46.8 Å². The smallest absolute Gasteiger partial charge is 0.412 e. The average Bonchev–Trinajstić information content (AvgIpc) is 2.70. The van der Waals surface area contributed by atoms with Gasteiger partial charge in [0.05, 0.1) is 12.1 Å². The van der Waals surface area contributed by atoms with Gasteiger partial charge >= 0.3 is 6.09 Å². The molecule has 2 atom stereocenters. The van der Waals surface area contributed by atoms with Gasteiger partial charge in [0, 0.05) is 0 Å². The third-order valence-corrected chi connectivity index (χ3v) is 4.15. The van der Waals surface area contributed by atoms with Gasteiger partial charge in [0.15, 0.2) is 0 Å². The summed E-state index contributed by atoms with van der Waals surface area (Å²) in [5, 5.41) is 9.46. The van der Waals surface area contributed by atoms with Crippen molar-refractivity contribution in [3.63, 3.8) is 0 Å². The molecule has 5 heteroatoms. The average molecular weight is 335 g/mol. The molecule has 0 bridgehead atoms. The normalized spacial score (nSPS) is 23.3. The molecule has 0 aromatic heterocycles. The summed E-state index contributed by atoms with van der Waals surface area (Å²) in [5.41, 5.74) is -0.225. The Labute approximate surface area is 144 Å². The number of benzene rings is 1. The van der Waals surface area contributed by atoms with Crippen LogP contribution in [0.3, 0.4) is 0 Å². The lowest BCUT2D eigenvalue weighted by atomic mass is 9.99. The largest absolute Gasteiger partial charge is 0.508 e. The summed E-state index contributed by atoms with van der Waals surface area (Å²) in [6, 6.07) is 6.97. The number of aromatic hydroxyl groups is 1. The molecule has 1 aromatic rings.